The van der Waals surface area contributed by atoms with Crippen LogP contribution in [0.15, 0.2) is 54.9 Å². The highest BCUT2D eigenvalue weighted by atomic mass is 32.1. The molecule has 0 spiro atoms. The Bertz CT molecular complexity index is 1110. The Labute approximate surface area is 170 Å². The molecular formula is C24H25N3S. The molecule has 2 heterocycles. The third-order valence-corrected chi connectivity index (χ3v) is 6.01. The molecule has 0 unspecified atom stereocenters. The maximum Gasteiger partial charge on any atom is 0.151 e. The second-order valence-corrected chi connectivity index (χ2v) is 9.43. The Kier molecular flexibility index (Phi) is 4.68. The number of aromatic nitrogens is 2. The summed E-state index contributed by atoms with van der Waals surface area (Å²) in [6.07, 6.45) is 1.63. The molecule has 142 valence electrons. The van der Waals surface area contributed by atoms with Gasteiger partial charge in [0.1, 0.15) is 6.33 Å². The molecule has 0 radical (unpaired) electrons. The number of anilines is 2. The molecule has 0 saturated heterocycles. The van der Waals surface area contributed by atoms with Crippen molar-refractivity contribution < 1.29 is 0 Å². The second-order valence-electron chi connectivity index (χ2n) is 8.38. The second kappa shape index (κ2) is 7.02. The van der Waals surface area contributed by atoms with Crippen LogP contribution in [0, 0.1) is 13.8 Å². The zero-order chi connectivity index (χ0) is 19.9. The van der Waals surface area contributed by atoms with Crippen molar-refractivity contribution in [1.29, 1.82) is 0 Å². The van der Waals surface area contributed by atoms with E-state index in [-0.39, 0.29) is 5.41 Å². The molecule has 1 N–H and O–H groups in total. The van der Waals surface area contributed by atoms with E-state index in [0.717, 1.165) is 21.7 Å². The summed E-state index contributed by atoms with van der Waals surface area (Å²) in [5.41, 5.74) is 7.22. The first-order valence-electron chi connectivity index (χ1n) is 9.50. The lowest BCUT2D eigenvalue weighted by Gasteiger charge is -2.18. The van der Waals surface area contributed by atoms with Crippen molar-refractivity contribution >= 4 is 33.1 Å². The van der Waals surface area contributed by atoms with E-state index in [2.05, 4.69) is 98.4 Å². The van der Waals surface area contributed by atoms with Gasteiger partial charge < -0.3 is 5.32 Å². The minimum absolute atomic E-state index is 0.160. The Balaban J connectivity index is 1.71. The van der Waals surface area contributed by atoms with Gasteiger partial charge in [-0.15, -0.1) is 11.3 Å². The van der Waals surface area contributed by atoms with Crippen molar-refractivity contribution in [2.75, 3.05) is 5.32 Å². The highest BCUT2D eigenvalue weighted by Gasteiger charge is 2.15. The molecule has 4 heteroatoms. The molecular weight excluding hydrogens is 362 g/mol. The molecule has 0 bridgehead atoms. The van der Waals surface area contributed by atoms with Crippen LogP contribution in [0.3, 0.4) is 0 Å². The van der Waals surface area contributed by atoms with Gasteiger partial charge in [-0.2, -0.15) is 0 Å². The number of thiophene rings is 1. The molecule has 0 aliphatic rings. The van der Waals surface area contributed by atoms with Gasteiger partial charge in [0, 0.05) is 10.6 Å². The lowest BCUT2D eigenvalue weighted by Crippen LogP contribution is -2.10. The molecule has 2 aromatic carbocycles. The number of fused-ring (bicyclic) bond motifs is 1. The maximum absolute atomic E-state index is 4.50. The number of hydrogen-bond acceptors (Lipinski definition) is 4. The molecule has 0 saturated carbocycles. The van der Waals surface area contributed by atoms with Crippen molar-refractivity contribution in [2.24, 2.45) is 0 Å². The minimum Gasteiger partial charge on any atom is -0.339 e. The van der Waals surface area contributed by atoms with Crippen molar-refractivity contribution in [3.05, 3.63) is 71.5 Å². The number of nitrogens with one attached hydrogen (secondary N) is 1. The van der Waals surface area contributed by atoms with Crippen LogP contribution in [-0.4, -0.2) is 9.97 Å². The summed E-state index contributed by atoms with van der Waals surface area (Å²) >= 11 is 1.73. The standard InChI is InChI=1S/C24H25N3S/c1-15-10-16(2)12-19(11-15)27-23-22-20(25-14-26-23)13-21(28-22)17-6-8-18(9-7-17)24(3,4)5/h6-14H,1-5H3,(H,25,26,27). The first-order chi connectivity index (χ1) is 13.3. The van der Waals surface area contributed by atoms with Crippen LogP contribution < -0.4 is 5.32 Å². The molecule has 0 atom stereocenters. The van der Waals surface area contributed by atoms with E-state index in [9.17, 15) is 0 Å². The summed E-state index contributed by atoms with van der Waals surface area (Å²) in [5, 5.41) is 3.48. The Morgan fingerprint density at radius 3 is 2.18 bits per heavy atom. The fourth-order valence-electron chi connectivity index (χ4n) is 3.40. The SMILES string of the molecule is Cc1cc(C)cc(Nc2ncnc3cc(-c4ccc(C(C)(C)C)cc4)sc23)c1. The van der Waals surface area contributed by atoms with Crippen LogP contribution in [0.4, 0.5) is 11.5 Å². The molecule has 4 rings (SSSR count). The van der Waals surface area contributed by atoms with E-state index >= 15 is 0 Å². The largest absolute Gasteiger partial charge is 0.339 e. The molecule has 2 aromatic heterocycles. The van der Waals surface area contributed by atoms with E-state index in [1.54, 1.807) is 17.7 Å². The third-order valence-electron chi connectivity index (χ3n) is 4.83. The van der Waals surface area contributed by atoms with Crippen LogP contribution in [0.1, 0.15) is 37.5 Å². The highest BCUT2D eigenvalue weighted by Crippen LogP contribution is 2.37. The van der Waals surface area contributed by atoms with Crippen LogP contribution in [0.2, 0.25) is 0 Å². The zero-order valence-electron chi connectivity index (χ0n) is 17.0. The van der Waals surface area contributed by atoms with E-state index in [4.69, 9.17) is 0 Å². The minimum atomic E-state index is 0.160. The average Bonchev–Trinajstić information content (AvgIpc) is 3.05. The predicted molar refractivity (Wildman–Crippen MR) is 121 cm³/mol. The Hall–Kier alpha value is -2.72. The van der Waals surface area contributed by atoms with Gasteiger partial charge in [0.15, 0.2) is 5.82 Å². The fraction of sp³-hybridized carbons (Fsp3) is 0.250. The van der Waals surface area contributed by atoms with Crippen molar-refractivity contribution in [3.63, 3.8) is 0 Å². The zero-order valence-corrected chi connectivity index (χ0v) is 17.8. The van der Waals surface area contributed by atoms with Gasteiger partial charge in [-0.1, -0.05) is 51.1 Å². The van der Waals surface area contributed by atoms with Crippen LogP contribution in [-0.2, 0) is 5.41 Å². The van der Waals surface area contributed by atoms with Gasteiger partial charge in [0.25, 0.3) is 0 Å². The lowest BCUT2D eigenvalue weighted by molar-refractivity contribution is 0.590. The monoisotopic (exact) mass is 387 g/mol. The summed E-state index contributed by atoms with van der Waals surface area (Å²) in [6.45, 7) is 10.9. The third kappa shape index (κ3) is 3.78. The number of benzene rings is 2. The van der Waals surface area contributed by atoms with Gasteiger partial charge in [-0.05, 0) is 59.7 Å². The average molecular weight is 388 g/mol. The van der Waals surface area contributed by atoms with Gasteiger partial charge in [0.2, 0.25) is 0 Å². The van der Waals surface area contributed by atoms with Gasteiger partial charge in [-0.25, -0.2) is 9.97 Å². The summed E-state index contributed by atoms with van der Waals surface area (Å²) in [6, 6.07) is 17.5. The van der Waals surface area contributed by atoms with Crippen LogP contribution in [0.5, 0.6) is 0 Å². The molecule has 3 nitrogen and oxygen atoms in total. The van der Waals surface area contributed by atoms with E-state index in [1.165, 1.54) is 27.1 Å². The topological polar surface area (TPSA) is 37.8 Å². The van der Waals surface area contributed by atoms with Crippen LogP contribution in [0.25, 0.3) is 20.7 Å². The summed E-state index contributed by atoms with van der Waals surface area (Å²) in [4.78, 5) is 10.2. The predicted octanol–water partition coefficient (Wildman–Crippen LogP) is 7.02. The highest BCUT2D eigenvalue weighted by molar-refractivity contribution is 7.22. The quantitative estimate of drug-likeness (QED) is 0.410. The molecule has 0 amide bonds. The van der Waals surface area contributed by atoms with Crippen LogP contribution >= 0.6 is 11.3 Å². The molecule has 4 aromatic rings. The number of rotatable bonds is 3. The van der Waals surface area contributed by atoms with E-state index < -0.39 is 0 Å². The number of hydrogen-bond donors (Lipinski definition) is 1. The molecule has 0 aliphatic carbocycles. The fourth-order valence-corrected chi connectivity index (χ4v) is 4.46. The number of aryl methyl sites for hydroxylation is 2. The lowest BCUT2D eigenvalue weighted by atomic mass is 9.86. The smallest absolute Gasteiger partial charge is 0.151 e. The van der Waals surface area contributed by atoms with Crippen molar-refractivity contribution in [1.82, 2.24) is 9.97 Å². The van der Waals surface area contributed by atoms with Gasteiger partial charge in [0.05, 0.1) is 10.2 Å². The van der Waals surface area contributed by atoms with Crippen molar-refractivity contribution in [3.8, 4) is 10.4 Å². The van der Waals surface area contributed by atoms with E-state index in [1.807, 2.05) is 0 Å². The maximum atomic E-state index is 4.50. The Morgan fingerprint density at radius 1 is 0.857 bits per heavy atom. The first-order valence-corrected chi connectivity index (χ1v) is 10.3. The molecule has 0 aliphatic heterocycles. The van der Waals surface area contributed by atoms with Gasteiger partial charge >= 0.3 is 0 Å². The normalized spacial score (nSPS) is 11.8. The summed E-state index contributed by atoms with van der Waals surface area (Å²) < 4.78 is 1.08. The number of nitrogens with zero attached hydrogens (tertiary/aromatic N) is 2. The van der Waals surface area contributed by atoms with Gasteiger partial charge in [-0.3, -0.25) is 0 Å². The summed E-state index contributed by atoms with van der Waals surface area (Å²) in [7, 11) is 0. The van der Waals surface area contributed by atoms with E-state index in [0.29, 0.717) is 0 Å². The summed E-state index contributed by atoms with van der Waals surface area (Å²) in [5.74, 6) is 0.859. The molecule has 28 heavy (non-hydrogen) atoms. The first kappa shape index (κ1) is 18.6. The molecule has 0 fully saturated rings. The Morgan fingerprint density at radius 2 is 1.54 bits per heavy atom. The van der Waals surface area contributed by atoms with Crippen molar-refractivity contribution in [2.45, 2.75) is 40.0 Å².